The number of amides is 2. The molecule has 2 amide bonds. The lowest BCUT2D eigenvalue weighted by Crippen LogP contribution is -2.48. The van der Waals surface area contributed by atoms with Gasteiger partial charge in [-0.1, -0.05) is 0 Å². The fraction of sp³-hybridized carbons (Fsp3) is 0.273. The van der Waals surface area contributed by atoms with Crippen LogP contribution < -0.4 is 20.7 Å². The molecule has 2 aromatic heterocycles. The first-order valence-corrected chi connectivity index (χ1v) is 10.7. The van der Waals surface area contributed by atoms with Crippen LogP contribution in [0, 0.1) is 0 Å². The van der Waals surface area contributed by atoms with Gasteiger partial charge in [0.25, 0.3) is 0 Å². The highest BCUT2D eigenvalue weighted by molar-refractivity contribution is 5.94. The number of hydrogen-bond donors (Lipinski definition) is 3. The standard InChI is InChI=1S/C22H22F3N7O4/c1-30-12-13(19(26)33)10-17(30)15-4-5-27-20(28-15)29-16-11-14(2-3-18(16)36-22(23,24)25)31-6-8-32(9-7-31)21(34)35/h2-5,10-12H,6-9H2,1H3,(H2,26,33)(H,34,35)(H,27,28,29). The van der Waals surface area contributed by atoms with Gasteiger partial charge in [0.1, 0.15) is 0 Å². The van der Waals surface area contributed by atoms with Crippen LogP contribution in [0.5, 0.6) is 5.75 Å². The second-order valence-electron chi connectivity index (χ2n) is 7.96. The van der Waals surface area contributed by atoms with Crippen molar-refractivity contribution in [3.05, 3.63) is 48.3 Å². The van der Waals surface area contributed by atoms with Crippen molar-refractivity contribution < 1.29 is 32.6 Å². The number of nitrogens with two attached hydrogens (primary N) is 1. The van der Waals surface area contributed by atoms with Crippen molar-refractivity contribution >= 4 is 29.3 Å². The van der Waals surface area contributed by atoms with Crippen LogP contribution in [0.2, 0.25) is 0 Å². The van der Waals surface area contributed by atoms with Crippen molar-refractivity contribution in [2.24, 2.45) is 12.8 Å². The molecule has 11 nitrogen and oxygen atoms in total. The molecular formula is C22H22F3N7O4. The number of aromatic nitrogens is 3. The molecule has 0 radical (unpaired) electrons. The topological polar surface area (TPSA) is 139 Å². The Bertz CT molecular complexity index is 1290. The summed E-state index contributed by atoms with van der Waals surface area (Å²) >= 11 is 0. The first-order valence-electron chi connectivity index (χ1n) is 10.7. The summed E-state index contributed by atoms with van der Waals surface area (Å²) in [6, 6.07) is 7.23. The van der Waals surface area contributed by atoms with Crippen LogP contribution in [0.15, 0.2) is 42.7 Å². The predicted molar refractivity (Wildman–Crippen MR) is 123 cm³/mol. The maximum absolute atomic E-state index is 13.0. The average molecular weight is 505 g/mol. The lowest BCUT2D eigenvalue weighted by atomic mass is 10.2. The molecule has 36 heavy (non-hydrogen) atoms. The second-order valence-corrected chi connectivity index (χ2v) is 7.96. The highest BCUT2D eigenvalue weighted by atomic mass is 19.4. The van der Waals surface area contributed by atoms with E-state index in [1.807, 2.05) is 4.90 Å². The molecule has 4 N–H and O–H groups in total. The van der Waals surface area contributed by atoms with Gasteiger partial charge in [0.2, 0.25) is 11.9 Å². The van der Waals surface area contributed by atoms with Crippen molar-refractivity contribution in [2.45, 2.75) is 6.36 Å². The summed E-state index contributed by atoms with van der Waals surface area (Å²) in [5, 5.41) is 11.9. The molecule has 0 aliphatic carbocycles. The van der Waals surface area contributed by atoms with E-state index in [1.54, 1.807) is 23.7 Å². The smallest absolute Gasteiger partial charge is 0.465 e. The molecular weight excluding hydrogens is 483 g/mol. The predicted octanol–water partition coefficient (Wildman–Crippen LogP) is 3.02. The van der Waals surface area contributed by atoms with Gasteiger partial charge >= 0.3 is 12.5 Å². The van der Waals surface area contributed by atoms with E-state index < -0.39 is 24.1 Å². The van der Waals surface area contributed by atoms with E-state index in [2.05, 4.69) is 20.0 Å². The van der Waals surface area contributed by atoms with Gasteiger partial charge in [-0.3, -0.25) is 4.79 Å². The van der Waals surface area contributed by atoms with E-state index in [0.717, 1.165) is 0 Å². The number of primary amides is 1. The summed E-state index contributed by atoms with van der Waals surface area (Å²) in [5.41, 5.74) is 7.10. The Labute approximate surface area is 202 Å². The number of benzene rings is 1. The number of nitrogens with one attached hydrogen (secondary N) is 1. The van der Waals surface area contributed by atoms with Crippen molar-refractivity contribution in [3.8, 4) is 17.1 Å². The van der Waals surface area contributed by atoms with Crippen LogP contribution in [0.4, 0.5) is 35.3 Å². The molecule has 190 valence electrons. The van der Waals surface area contributed by atoms with Crippen LogP contribution in [-0.4, -0.2) is 69.1 Å². The third-order valence-electron chi connectivity index (χ3n) is 5.56. The van der Waals surface area contributed by atoms with Gasteiger partial charge in [0.05, 0.1) is 22.6 Å². The fourth-order valence-electron chi connectivity index (χ4n) is 3.82. The third kappa shape index (κ3) is 5.59. The first kappa shape index (κ1) is 24.6. The molecule has 4 rings (SSSR count). The SMILES string of the molecule is Cn1cc(C(N)=O)cc1-c1ccnc(Nc2cc(N3CCN(C(=O)O)CC3)ccc2OC(F)(F)F)n1. The summed E-state index contributed by atoms with van der Waals surface area (Å²) in [6.45, 7) is 1.25. The minimum absolute atomic E-state index is 0.00537. The Morgan fingerprint density at radius 2 is 1.86 bits per heavy atom. The number of nitrogens with zero attached hydrogens (tertiary/aromatic N) is 5. The van der Waals surface area contributed by atoms with Crippen molar-refractivity contribution in [2.75, 3.05) is 36.4 Å². The minimum Gasteiger partial charge on any atom is -0.465 e. The highest BCUT2D eigenvalue weighted by Crippen LogP contribution is 2.35. The van der Waals surface area contributed by atoms with Crippen LogP contribution in [-0.2, 0) is 7.05 Å². The van der Waals surface area contributed by atoms with Gasteiger partial charge in [0.15, 0.2) is 5.75 Å². The van der Waals surface area contributed by atoms with Gasteiger partial charge in [-0.25, -0.2) is 14.8 Å². The zero-order valence-corrected chi connectivity index (χ0v) is 19.0. The Balaban J connectivity index is 1.63. The number of carbonyl (C=O) groups is 2. The number of hydrogen-bond acceptors (Lipinski definition) is 7. The second kappa shape index (κ2) is 9.64. The number of carbonyl (C=O) groups excluding carboxylic acids is 1. The average Bonchev–Trinajstić information content (AvgIpc) is 3.21. The molecule has 14 heteroatoms. The number of halogens is 3. The first-order chi connectivity index (χ1) is 17.0. The minimum atomic E-state index is -4.93. The molecule has 3 aromatic rings. The maximum atomic E-state index is 13.0. The van der Waals surface area contributed by atoms with Crippen molar-refractivity contribution in [3.63, 3.8) is 0 Å². The summed E-state index contributed by atoms with van der Waals surface area (Å²) in [6.07, 6.45) is -3.00. The number of piperazine rings is 1. The third-order valence-corrected chi connectivity index (χ3v) is 5.56. The number of carboxylic acid groups (broad SMARTS) is 1. The molecule has 1 aliphatic rings. The summed E-state index contributed by atoms with van der Waals surface area (Å²) in [7, 11) is 1.69. The lowest BCUT2D eigenvalue weighted by molar-refractivity contribution is -0.274. The van der Waals surface area contributed by atoms with Gasteiger partial charge in [-0.15, -0.1) is 13.2 Å². The largest absolute Gasteiger partial charge is 0.573 e. The van der Waals surface area contributed by atoms with E-state index in [4.69, 9.17) is 10.8 Å². The number of anilines is 3. The summed E-state index contributed by atoms with van der Waals surface area (Å²) < 4.78 is 44.9. The van der Waals surface area contributed by atoms with Gasteiger partial charge in [-0.2, -0.15) is 0 Å². The van der Waals surface area contributed by atoms with Crippen LogP contribution >= 0.6 is 0 Å². The van der Waals surface area contributed by atoms with Crippen molar-refractivity contribution in [1.82, 2.24) is 19.4 Å². The molecule has 0 atom stereocenters. The Hall–Kier alpha value is -4.49. The molecule has 1 saturated heterocycles. The fourth-order valence-corrected chi connectivity index (χ4v) is 3.82. The highest BCUT2D eigenvalue weighted by Gasteiger charge is 2.32. The van der Waals surface area contributed by atoms with Crippen LogP contribution in [0.1, 0.15) is 10.4 Å². The normalized spacial score (nSPS) is 14.0. The molecule has 0 spiro atoms. The van der Waals surface area contributed by atoms with E-state index in [-0.39, 0.29) is 30.3 Å². The number of rotatable bonds is 6. The molecule has 3 heterocycles. The maximum Gasteiger partial charge on any atom is 0.573 e. The molecule has 1 fully saturated rings. The molecule has 0 saturated carbocycles. The Morgan fingerprint density at radius 3 is 2.47 bits per heavy atom. The number of alkyl halides is 3. The zero-order valence-electron chi connectivity index (χ0n) is 19.0. The number of ether oxygens (including phenoxy) is 1. The van der Waals surface area contributed by atoms with Gasteiger partial charge < -0.3 is 35.3 Å². The lowest BCUT2D eigenvalue weighted by Gasteiger charge is -2.35. The van der Waals surface area contributed by atoms with Gasteiger partial charge in [0, 0.05) is 51.3 Å². The zero-order chi connectivity index (χ0) is 26.0. The molecule has 0 bridgehead atoms. The van der Waals surface area contributed by atoms with Crippen LogP contribution in [0.3, 0.4) is 0 Å². The Kier molecular flexibility index (Phi) is 6.59. The van der Waals surface area contributed by atoms with Gasteiger partial charge in [-0.05, 0) is 30.3 Å². The van der Waals surface area contributed by atoms with E-state index in [0.29, 0.717) is 30.2 Å². The Morgan fingerprint density at radius 1 is 1.14 bits per heavy atom. The quantitative estimate of drug-likeness (QED) is 0.465. The monoisotopic (exact) mass is 505 g/mol. The molecule has 1 aromatic carbocycles. The molecule has 1 aliphatic heterocycles. The summed E-state index contributed by atoms with van der Waals surface area (Å²) in [4.78, 5) is 34.2. The van der Waals surface area contributed by atoms with Crippen LogP contribution in [0.25, 0.3) is 11.4 Å². The van der Waals surface area contributed by atoms with E-state index >= 15 is 0 Å². The van der Waals surface area contributed by atoms with Crippen molar-refractivity contribution in [1.29, 1.82) is 0 Å². The molecule has 0 unspecified atom stereocenters. The van der Waals surface area contributed by atoms with E-state index in [9.17, 15) is 22.8 Å². The van der Waals surface area contributed by atoms with E-state index in [1.165, 1.54) is 35.5 Å². The summed E-state index contributed by atoms with van der Waals surface area (Å²) in [5.74, 6) is -1.10. The number of aryl methyl sites for hydroxylation is 1.